The van der Waals surface area contributed by atoms with Gasteiger partial charge in [-0.15, -0.1) is 0 Å². The predicted molar refractivity (Wildman–Crippen MR) is 92.0 cm³/mol. The van der Waals surface area contributed by atoms with Gasteiger partial charge in [0.2, 0.25) is 10.0 Å². The lowest BCUT2D eigenvalue weighted by molar-refractivity contribution is 0.567. The molecule has 1 atom stereocenters. The molecule has 21 heavy (non-hydrogen) atoms. The second kappa shape index (κ2) is 6.79. The minimum Gasteiger partial charge on any atom is -0.207 e. The van der Waals surface area contributed by atoms with Crippen molar-refractivity contribution in [2.45, 2.75) is 17.9 Å². The van der Waals surface area contributed by atoms with Crippen LogP contribution >= 0.6 is 43.5 Å². The first-order valence-electron chi connectivity index (χ1n) is 6.02. The first-order valence-corrected chi connectivity index (χ1v) is 9.47. The van der Waals surface area contributed by atoms with Crippen LogP contribution in [-0.2, 0) is 10.0 Å². The zero-order chi connectivity index (χ0) is 15.6. The van der Waals surface area contributed by atoms with E-state index < -0.39 is 10.0 Å². The molecule has 0 aliphatic heterocycles. The monoisotopic (exact) mass is 451 g/mol. The maximum atomic E-state index is 12.4. The molecule has 0 aromatic heterocycles. The highest BCUT2D eigenvalue weighted by atomic mass is 79.9. The molecule has 0 aliphatic carbocycles. The fourth-order valence-corrected chi connectivity index (χ4v) is 3.93. The van der Waals surface area contributed by atoms with Crippen molar-refractivity contribution in [1.82, 2.24) is 4.72 Å². The number of sulfonamides is 1. The third-order valence-electron chi connectivity index (χ3n) is 2.90. The summed E-state index contributed by atoms with van der Waals surface area (Å²) in [6.45, 7) is 1.80. The average Bonchev–Trinajstić information content (AvgIpc) is 2.42. The molecule has 0 aliphatic rings. The number of halogens is 3. The molecule has 2 aromatic carbocycles. The number of hydrogen-bond acceptors (Lipinski definition) is 2. The molecule has 3 nitrogen and oxygen atoms in total. The van der Waals surface area contributed by atoms with Gasteiger partial charge in [-0.1, -0.05) is 39.7 Å². The largest absolute Gasteiger partial charge is 0.241 e. The lowest BCUT2D eigenvalue weighted by Gasteiger charge is -2.15. The lowest BCUT2D eigenvalue weighted by Crippen LogP contribution is -2.26. The summed E-state index contributed by atoms with van der Waals surface area (Å²) >= 11 is 12.5. The zero-order valence-electron chi connectivity index (χ0n) is 11.0. The molecule has 0 saturated heterocycles. The topological polar surface area (TPSA) is 46.2 Å². The summed E-state index contributed by atoms with van der Waals surface area (Å²) in [5.41, 5.74) is 0.884. The Morgan fingerprint density at radius 2 is 1.71 bits per heavy atom. The summed E-state index contributed by atoms with van der Waals surface area (Å²) in [6.07, 6.45) is 0. The Morgan fingerprint density at radius 3 is 2.29 bits per heavy atom. The van der Waals surface area contributed by atoms with Crippen LogP contribution in [0.15, 0.2) is 56.3 Å². The van der Waals surface area contributed by atoms with Gasteiger partial charge in [-0.2, -0.15) is 0 Å². The fourth-order valence-electron chi connectivity index (χ4n) is 1.76. The van der Waals surface area contributed by atoms with Crippen molar-refractivity contribution in [2.24, 2.45) is 0 Å². The van der Waals surface area contributed by atoms with Crippen molar-refractivity contribution < 1.29 is 8.42 Å². The van der Waals surface area contributed by atoms with E-state index in [1.807, 2.05) is 24.3 Å². The van der Waals surface area contributed by atoms with Crippen molar-refractivity contribution >= 4 is 53.5 Å². The zero-order valence-corrected chi connectivity index (χ0v) is 15.7. The van der Waals surface area contributed by atoms with Gasteiger partial charge in [0.1, 0.15) is 0 Å². The van der Waals surface area contributed by atoms with E-state index in [1.54, 1.807) is 13.0 Å². The van der Waals surface area contributed by atoms with E-state index in [-0.39, 0.29) is 10.9 Å². The first-order chi connectivity index (χ1) is 9.79. The molecule has 2 rings (SSSR count). The summed E-state index contributed by atoms with van der Waals surface area (Å²) < 4.78 is 28.9. The molecule has 7 heteroatoms. The lowest BCUT2D eigenvalue weighted by atomic mass is 10.1. The number of nitrogens with one attached hydrogen (secondary N) is 1. The SMILES string of the molecule is CC(NS(=O)(=O)c1ccc(Cl)c(Br)c1)c1ccc(Br)cc1. The van der Waals surface area contributed by atoms with Crippen molar-refractivity contribution in [2.75, 3.05) is 0 Å². The van der Waals surface area contributed by atoms with Gasteiger partial charge in [-0.3, -0.25) is 0 Å². The second-order valence-electron chi connectivity index (χ2n) is 4.47. The van der Waals surface area contributed by atoms with Gasteiger partial charge in [-0.25, -0.2) is 13.1 Å². The molecule has 0 bridgehead atoms. The van der Waals surface area contributed by atoms with Gasteiger partial charge in [-0.05, 0) is 58.7 Å². The fraction of sp³-hybridized carbons (Fsp3) is 0.143. The second-order valence-corrected chi connectivity index (χ2v) is 8.36. The Morgan fingerprint density at radius 1 is 1.10 bits per heavy atom. The summed E-state index contributed by atoms with van der Waals surface area (Å²) in [5.74, 6) is 0. The van der Waals surface area contributed by atoms with E-state index in [9.17, 15) is 8.42 Å². The quantitative estimate of drug-likeness (QED) is 0.715. The summed E-state index contributed by atoms with van der Waals surface area (Å²) in [4.78, 5) is 0.169. The van der Waals surface area contributed by atoms with E-state index in [0.717, 1.165) is 10.0 Å². The van der Waals surface area contributed by atoms with Crippen LogP contribution in [0, 0.1) is 0 Å². The minimum atomic E-state index is -3.61. The Balaban J connectivity index is 2.24. The predicted octanol–water partition coefficient (Wildman–Crippen LogP) is 4.90. The van der Waals surface area contributed by atoms with Gasteiger partial charge in [0.05, 0.1) is 9.92 Å². The van der Waals surface area contributed by atoms with Crippen LogP contribution in [0.25, 0.3) is 0 Å². The highest BCUT2D eigenvalue weighted by Crippen LogP contribution is 2.26. The number of rotatable bonds is 4. The minimum absolute atomic E-state index is 0.169. The van der Waals surface area contributed by atoms with Crippen molar-refractivity contribution in [3.8, 4) is 0 Å². The highest BCUT2D eigenvalue weighted by molar-refractivity contribution is 9.10. The molecule has 0 spiro atoms. The number of hydrogen-bond donors (Lipinski definition) is 1. The summed E-state index contributed by atoms with van der Waals surface area (Å²) in [7, 11) is -3.61. The molecule has 0 heterocycles. The molecule has 112 valence electrons. The van der Waals surface area contributed by atoms with Crippen LogP contribution in [0.5, 0.6) is 0 Å². The van der Waals surface area contributed by atoms with Crippen LogP contribution in [0.4, 0.5) is 0 Å². The van der Waals surface area contributed by atoms with E-state index in [0.29, 0.717) is 9.50 Å². The third kappa shape index (κ3) is 4.29. The maximum Gasteiger partial charge on any atom is 0.241 e. The van der Waals surface area contributed by atoms with Crippen molar-refractivity contribution in [3.05, 3.63) is 62.0 Å². The first kappa shape index (κ1) is 17.0. The molecular weight excluding hydrogens is 441 g/mol. The van der Waals surface area contributed by atoms with Crippen LogP contribution in [-0.4, -0.2) is 8.42 Å². The van der Waals surface area contributed by atoms with Gasteiger partial charge in [0, 0.05) is 15.0 Å². The van der Waals surface area contributed by atoms with E-state index in [2.05, 4.69) is 36.6 Å². The van der Waals surface area contributed by atoms with Crippen LogP contribution in [0.3, 0.4) is 0 Å². The number of benzene rings is 2. The van der Waals surface area contributed by atoms with Gasteiger partial charge >= 0.3 is 0 Å². The van der Waals surface area contributed by atoms with Crippen molar-refractivity contribution in [3.63, 3.8) is 0 Å². The molecule has 1 N–H and O–H groups in total. The smallest absolute Gasteiger partial charge is 0.207 e. The standard InChI is InChI=1S/C14H12Br2ClNO2S/c1-9(10-2-4-11(15)5-3-10)18-21(19,20)12-6-7-14(17)13(16)8-12/h2-9,18H,1H3. The maximum absolute atomic E-state index is 12.4. The molecule has 0 radical (unpaired) electrons. The average molecular weight is 454 g/mol. The Hall–Kier alpha value is -0.400. The summed E-state index contributed by atoms with van der Waals surface area (Å²) in [6, 6.07) is 11.7. The summed E-state index contributed by atoms with van der Waals surface area (Å²) in [5, 5.41) is 0.468. The Labute approximate surface area is 146 Å². The van der Waals surface area contributed by atoms with E-state index in [1.165, 1.54) is 12.1 Å². The van der Waals surface area contributed by atoms with Crippen LogP contribution in [0.2, 0.25) is 5.02 Å². The van der Waals surface area contributed by atoms with E-state index >= 15 is 0 Å². The van der Waals surface area contributed by atoms with Gasteiger partial charge < -0.3 is 0 Å². The van der Waals surface area contributed by atoms with Gasteiger partial charge in [0.25, 0.3) is 0 Å². The highest BCUT2D eigenvalue weighted by Gasteiger charge is 2.19. The van der Waals surface area contributed by atoms with Gasteiger partial charge in [0.15, 0.2) is 0 Å². The molecule has 0 fully saturated rings. The molecular formula is C14H12Br2ClNO2S. The molecule has 2 aromatic rings. The molecule has 0 saturated carbocycles. The third-order valence-corrected chi connectivity index (χ3v) is 6.18. The Bertz CT molecular complexity index is 748. The Kier molecular flexibility index (Phi) is 5.48. The molecule has 1 unspecified atom stereocenters. The van der Waals surface area contributed by atoms with Crippen LogP contribution < -0.4 is 4.72 Å². The normalized spacial score (nSPS) is 13.1. The molecule has 0 amide bonds. The van der Waals surface area contributed by atoms with Crippen molar-refractivity contribution in [1.29, 1.82) is 0 Å². The van der Waals surface area contributed by atoms with Crippen LogP contribution in [0.1, 0.15) is 18.5 Å². The van der Waals surface area contributed by atoms with E-state index in [4.69, 9.17) is 11.6 Å².